The molecular weight excluding hydrogens is 166 g/mol. The molecule has 0 aromatic rings. The van der Waals surface area contributed by atoms with Gasteiger partial charge in [-0.2, -0.15) is 0 Å². The molecule has 0 aromatic heterocycles. The average Bonchev–Trinajstić information content (AvgIpc) is 2.52. The molecule has 1 aliphatic heterocycles. The van der Waals surface area contributed by atoms with E-state index in [1.54, 1.807) is 6.92 Å². The van der Waals surface area contributed by atoms with Crippen molar-refractivity contribution in [2.45, 2.75) is 26.7 Å². The lowest BCUT2D eigenvalue weighted by Gasteiger charge is -2.17. The third-order valence-electron chi connectivity index (χ3n) is 2.90. The van der Waals surface area contributed by atoms with E-state index in [0.29, 0.717) is 6.54 Å². The fourth-order valence-corrected chi connectivity index (χ4v) is 1.88. The number of rotatable bonds is 4. The SMILES string of the molecule is CCC1CCN(CC(C)C(=O)O)C1. The first-order valence-electron chi connectivity index (χ1n) is 5.08. The van der Waals surface area contributed by atoms with Gasteiger partial charge in [0.15, 0.2) is 0 Å². The third-order valence-corrected chi connectivity index (χ3v) is 2.90. The van der Waals surface area contributed by atoms with Gasteiger partial charge in [-0.05, 0) is 18.9 Å². The van der Waals surface area contributed by atoms with E-state index in [9.17, 15) is 4.79 Å². The minimum atomic E-state index is -0.681. The minimum absolute atomic E-state index is 0.226. The number of hydrogen-bond donors (Lipinski definition) is 1. The summed E-state index contributed by atoms with van der Waals surface area (Å²) in [6.07, 6.45) is 2.46. The maximum atomic E-state index is 10.6. The van der Waals surface area contributed by atoms with Gasteiger partial charge in [-0.3, -0.25) is 4.79 Å². The van der Waals surface area contributed by atoms with Crippen molar-refractivity contribution in [2.24, 2.45) is 11.8 Å². The molecule has 2 atom stereocenters. The highest BCUT2D eigenvalue weighted by Crippen LogP contribution is 2.19. The molecule has 1 rings (SSSR count). The van der Waals surface area contributed by atoms with Gasteiger partial charge in [0, 0.05) is 13.1 Å². The molecule has 0 spiro atoms. The lowest BCUT2D eigenvalue weighted by atomic mass is 10.1. The Bertz CT molecular complexity index is 182. The molecule has 0 amide bonds. The van der Waals surface area contributed by atoms with Crippen LogP contribution in [0.25, 0.3) is 0 Å². The number of nitrogens with zero attached hydrogens (tertiary/aromatic N) is 1. The molecule has 1 saturated heterocycles. The molecule has 0 aromatic carbocycles. The maximum Gasteiger partial charge on any atom is 0.307 e. The van der Waals surface area contributed by atoms with Crippen molar-refractivity contribution in [1.29, 1.82) is 0 Å². The highest BCUT2D eigenvalue weighted by atomic mass is 16.4. The molecule has 1 fully saturated rings. The summed E-state index contributed by atoms with van der Waals surface area (Å²) in [5.41, 5.74) is 0. The van der Waals surface area contributed by atoms with Gasteiger partial charge in [-0.1, -0.05) is 20.3 Å². The van der Waals surface area contributed by atoms with Crippen LogP contribution in [0.3, 0.4) is 0 Å². The van der Waals surface area contributed by atoms with Crippen molar-refractivity contribution in [3.8, 4) is 0 Å². The molecule has 1 aliphatic rings. The Balaban J connectivity index is 2.27. The first-order valence-corrected chi connectivity index (χ1v) is 5.08. The Hall–Kier alpha value is -0.570. The van der Waals surface area contributed by atoms with E-state index in [0.717, 1.165) is 19.0 Å². The Labute approximate surface area is 79.7 Å². The maximum absolute atomic E-state index is 10.6. The van der Waals surface area contributed by atoms with E-state index in [-0.39, 0.29) is 5.92 Å². The standard InChI is InChI=1S/C10H19NO2/c1-3-9-4-5-11(7-9)6-8(2)10(12)13/h8-9H,3-7H2,1-2H3,(H,12,13). The second-order valence-corrected chi connectivity index (χ2v) is 4.06. The zero-order valence-corrected chi connectivity index (χ0v) is 8.49. The minimum Gasteiger partial charge on any atom is -0.481 e. The Kier molecular flexibility index (Phi) is 3.72. The summed E-state index contributed by atoms with van der Waals surface area (Å²) in [5, 5.41) is 8.74. The summed E-state index contributed by atoms with van der Waals surface area (Å²) in [6.45, 7) is 6.87. The monoisotopic (exact) mass is 185 g/mol. The molecule has 0 aliphatic carbocycles. The topological polar surface area (TPSA) is 40.5 Å². The molecular formula is C10H19NO2. The molecule has 0 saturated carbocycles. The lowest BCUT2D eigenvalue weighted by molar-refractivity contribution is -0.141. The van der Waals surface area contributed by atoms with Crippen molar-refractivity contribution in [1.82, 2.24) is 4.90 Å². The Morgan fingerprint density at radius 1 is 1.69 bits per heavy atom. The van der Waals surface area contributed by atoms with Gasteiger partial charge >= 0.3 is 5.97 Å². The van der Waals surface area contributed by atoms with Gasteiger partial charge in [-0.25, -0.2) is 0 Å². The summed E-state index contributed by atoms with van der Waals surface area (Å²) in [7, 11) is 0. The van der Waals surface area contributed by atoms with Gasteiger partial charge in [0.1, 0.15) is 0 Å². The van der Waals surface area contributed by atoms with Crippen LogP contribution < -0.4 is 0 Å². The Morgan fingerprint density at radius 2 is 2.38 bits per heavy atom. The van der Waals surface area contributed by atoms with Gasteiger partial charge in [-0.15, -0.1) is 0 Å². The highest BCUT2D eigenvalue weighted by molar-refractivity contribution is 5.69. The summed E-state index contributed by atoms with van der Waals surface area (Å²) in [4.78, 5) is 12.9. The third kappa shape index (κ3) is 2.99. The molecule has 3 nitrogen and oxygen atoms in total. The number of aliphatic carboxylic acids is 1. The number of carboxylic acid groups (broad SMARTS) is 1. The average molecular weight is 185 g/mol. The second-order valence-electron chi connectivity index (χ2n) is 4.06. The number of hydrogen-bond acceptors (Lipinski definition) is 2. The van der Waals surface area contributed by atoms with Crippen LogP contribution in [0.2, 0.25) is 0 Å². The van der Waals surface area contributed by atoms with Crippen LogP contribution in [0, 0.1) is 11.8 Å². The summed E-state index contributed by atoms with van der Waals surface area (Å²) in [6, 6.07) is 0. The molecule has 2 unspecified atom stereocenters. The highest BCUT2D eigenvalue weighted by Gasteiger charge is 2.23. The van der Waals surface area contributed by atoms with Gasteiger partial charge < -0.3 is 10.0 Å². The fourth-order valence-electron chi connectivity index (χ4n) is 1.88. The van der Waals surface area contributed by atoms with E-state index in [4.69, 9.17) is 5.11 Å². The normalized spacial score (nSPS) is 26.2. The van der Waals surface area contributed by atoms with E-state index >= 15 is 0 Å². The van der Waals surface area contributed by atoms with Gasteiger partial charge in [0.2, 0.25) is 0 Å². The summed E-state index contributed by atoms with van der Waals surface area (Å²) in [5.74, 6) is -0.114. The van der Waals surface area contributed by atoms with Crippen LogP contribution in [-0.4, -0.2) is 35.6 Å². The summed E-state index contributed by atoms with van der Waals surface area (Å²) < 4.78 is 0. The van der Waals surface area contributed by atoms with Crippen LogP contribution in [0.15, 0.2) is 0 Å². The van der Waals surface area contributed by atoms with Crippen LogP contribution in [-0.2, 0) is 4.79 Å². The predicted octanol–water partition coefficient (Wildman–Crippen LogP) is 1.44. The van der Waals surface area contributed by atoms with E-state index in [2.05, 4.69) is 11.8 Å². The molecule has 1 heterocycles. The van der Waals surface area contributed by atoms with Gasteiger partial charge in [0.25, 0.3) is 0 Å². The van der Waals surface area contributed by atoms with Crippen molar-refractivity contribution >= 4 is 5.97 Å². The number of carboxylic acids is 1. The van der Waals surface area contributed by atoms with Crippen LogP contribution >= 0.6 is 0 Å². The second kappa shape index (κ2) is 4.61. The van der Waals surface area contributed by atoms with Crippen molar-refractivity contribution in [2.75, 3.05) is 19.6 Å². The molecule has 0 bridgehead atoms. The molecule has 3 heteroatoms. The fraction of sp³-hybridized carbons (Fsp3) is 0.900. The Morgan fingerprint density at radius 3 is 2.85 bits per heavy atom. The molecule has 0 radical (unpaired) electrons. The van der Waals surface area contributed by atoms with Crippen LogP contribution in [0.5, 0.6) is 0 Å². The molecule has 1 N–H and O–H groups in total. The first-order chi connectivity index (χ1) is 6.13. The van der Waals surface area contributed by atoms with E-state index in [1.165, 1.54) is 12.8 Å². The zero-order chi connectivity index (χ0) is 9.84. The lowest BCUT2D eigenvalue weighted by Crippen LogP contribution is -2.30. The smallest absolute Gasteiger partial charge is 0.307 e. The predicted molar refractivity (Wildman–Crippen MR) is 51.6 cm³/mol. The number of carbonyl (C=O) groups is 1. The zero-order valence-electron chi connectivity index (χ0n) is 8.49. The number of likely N-dealkylation sites (tertiary alicyclic amines) is 1. The van der Waals surface area contributed by atoms with E-state index in [1.807, 2.05) is 0 Å². The van der Waals surface area contributed by atoms with Crippen molar-refractivity contribution < 1.29 is 9.90 Å². The largest absolute Gasteiger partial charge is 0.481 e. The first kappa shape index (κ1) is 10.5. The van der Waals surface area contributed by atoms with E-state index < -0.39 is 5.97 Å². The molecule has 13 heavy (non-hydrogen) atoms. The van der Waals surface area contributed by atoms with Crippen molar-refractivity contribution in [3.63, 3.8) is 0 Å². The van der Waals surface area contributed by atoms with Crippen LogP contribution in [0.4, 0.5) is 0 Å². The van der Waals surface area contributed by atoms with Crippen LogP contribution in [0.1, 0.15) is 26.7 Å². The molecule has 76 valence electrons. The summed E-state index contributed by atoms with van der Waals surface area (Å²) >= 11 is 0. The van der Waals surface area contributed by atoms with Crippen molar-refractivity contribution in [3.05, 3.63) is 0 Å². The quantitative estimate of drug-likeness (QED) is 0.720. The van der Waals surface area contributed by atoms with Gasteiger partial charge in [0.05, 0.1) is 5.92 Å².